The topological polar surface area (TPSA) is 151 Å². The Kier molecular flexibility index (Phi) is 12.5. The second kappa shape index (κ2) is 14.9. The molecule has 0 atom stereocenters. The predicted octanol–water partition coefficient (Wildman–Crippen LogP) is 2.30. The van der Waals surface area contributed by atoms with Crippen LogP contribution in [-0.4, -0.2) is 47.2 Å². The number of nitrogens with one attached hydrogen (secondary N) is 2. The van der Waals surface area contributed by atoms with Crippen molar-refractivity contribution in [2.75, 3.05) is 13.1 Å². The average molecular weight is 424 g/mol. The van der Waals surface area contributed by atoms with Crippen LogP contribution in [0.1, 0.15) is 72.1 Å². The van der Waals surface area contributed by atoms with Gasteiger partial charge in [-0.15, -0.1) is 0 Å². The molecule has 10 nitrogen and oxygen atoms in total. The molecule has 1 fully saturated rings. The highest BCUT2D eigenvalue weighted by Gasteiger charge is 2.08. The Hall–Kier alpha value is -2.98. The number of rotatable bonds is 2. The van der Waals surface area contributed by atoms with Crippen molar-refractivity contribution in [1.82, 2.24) is 11.0 Å². The summed E-state index contributed by atoms with van der Waals surface area (Å²) in [6.07, 6.45) is 5.97. The Balaban J connectivity index is 0.000000325. The minimum absolute atomic E-state index is 0.0186. The van der Waals surface area contributed by atoms with Crippen molar-refractivity contribution < 1.29 is 39.1 Å². The number of carboxylic acids is 2. The zero-order chi connectivity index (χ0) is 22.2. The van der Waals surface area contributed by atoms with E-state index in [9.17, 15) is 19.2 Å². The van der Waals surface area contributed by atoms with Gasteiger partial charge in [0.25, 0.3) is 0 Å². The van der Waals surface area contributed by atoms with Gasteiger partial charge in [0.15, 0.2) is 0 Å². The Morgan fingerprint density at radius 1 is 0.733 bits per heavy atom. The van der Waals surface area contributed by atoms with Gasteiger partial charge in [-0.25, -0.2) is 9.59 Å². The largest absolute Gasteiger partial charge is 0.478 e. The Morgan fingerprint density at radius 3 is 1.57 bits per heavy atom. The van der Waals surface area contributed by atoms with E-state index >= 15 is 0 Å². The normalized spacial score (nSPS) is 16.9. The van der Waals surface area contributed by atoms with Gasteiger partial charge < -0.3 is 19.9 Å². The first-order valence-electron chi connectivity index (χ1n) is 9.82. The number of carbonyl (C=O) groups is 4. The lowest BCUT2D eigenvalue weighted by Gasteiger charge is -2.08. The molecule has 30 heavy (non-hydrogen) atoms. The maximum absolute atomic E-state index is 11.2. The third kappa shape index (κ3) is 11.8. The molecule has 0 amide bonds. The highest BCUT2D eigenvalue weighted by molar-refractivity contribution is 5.93. The monoisotopic (exact) mass is 424 g/mol. The van der Waals surface area contributed by atoms with Crippen LogP contribution in [0.3, 0.4) is 0 Å². The van der Waals surface area contributed by atoms with Gasteiger partial charge in [-0.1, -0.05) is 18.9 Å². The minimum atomic E-state index is -1.13. The van der Waals surface area contributed by atoms with Crippen LogP contribution in [0.2, 0.25) is 0 Å². The number of carboxylic acid groups (broad SMARTS) is 2. The number of hydrogen-bond acceptors (Lipinski definition) is 8. The molecule has 0 bridgehead atoms. The lowest BCUT2D eigenvalue weighted by atomic mass is 10.1. The van der Waals surface area contributed by atoms with Crippen LogP contribution < -0.4 is 11.0 Å². The molecule has 1 heterocycles. The van der Waals surface area contributed by atoms with Crippen molar-refractivity contribution in [1.29, 1.82) is 0 Å². The standard InChI is InChI=1S/C12H22N2O4.C8H6O4/c15-11-7-3-4-8-12(16)18-14-10-6-2-1-5-9-13-17-11;9-7(10)5-2-1-3-6(4-5)8(11)12/h13-14H,1-10H2;1-4H,(H,9,10)(H,11,12). The summed E-state index contributed by atoms with van der Waals surface area (Å²) in [5.74, 6) is -2.79. The Morgan fingerprint density at radius 2 is 1.17 bits per heavy atom. The zero-order valence-corrected chi connectivity index (χ0v) is 16.7. The molecule has 2 rings (SSSR count). The zero-order valence-electron chi connectivity index (χ0n) is 16.7. The minimum Gasteiger partial charge on any atom is -0.478 e. The summed E-state index contributed by atoms with van der Waals surface area (Å²) in [6, 6.07) is 5.20. The van der Waals surface area contributed by atoms with Crippen LogP contribution in [-0.2, 0) is 19.3 Å². The van der Waals surface area contributed by atoms with Gasteiger partial charge in [0.2, 0.25) is 0 Å². The molecule has 1 saturated heterocycles. The van der Waals surface area contributed by atoms with Crippen LogP contribution in [0.15, 0.2) is 24.3 Å². The van der Waals surface area contributed by atoms with Crippen LogP contribution >= 0.6 is 0 Å². The van der Waals surface area contributed by atoms with Gasteiger partial charge >= 0.3 is 23.9 Å². The quantitative estimate of drug-likeness (QED) is 0.556. The molecule has 0 saturated carbocycles. The highest BCUT2D eigenvalue weighted by Crippen LogP contribution is 2.05. The fourth-order valence-corrected chi connectivity index (χ4v) is 2.44. The molecule has 1 aromatic rings. The lowest BCUT2D eigenvalue weighted by molar-refractivity contribution is -0.153. The smallest absolute Gasteiger partial charge is 0.335 e. The van der Waals surface area contributed by atoms with Gasteiger partial charge in [0.1, 0.15) is 0 Å². The molecule has 0 spiro atoms. The molecule has 1 aliphatic heterocycles. The van der Waals surface area contributed by atoms with Crippen molar-refractivity contribution in [2.45, 2.75) is 51.4 Å². The number of benzene rings is 1. The van der Waals surface area contributed by atoms with E-state index in [4.69, 9.17) is 19.9 Å². The Bertz CT molecular complexity index is 653. The molecule has 1 aliphatic rings. The Labute approximate surface area is 174 Å². The number of hydroxylamine groups is 2. The first-order valence-corrected chi connectivity index (χ1v) is 9.82. The fraction of sp³-hybridized carbons (Fsp3) is 0.500. The SMILES string of the molecule is O=C(O)c1cccc(C(=O)O)c1.O=C1CCCCC(=O)ONCCCCCCNO1. The summed E-state index contributed by atoms with van der Waals surface area (Å²) in [6.45, 7) is 1.38. The molecule has 0 aromatic heterocycles. The average Bonchev–Trinajstić information content (AvgIpc) is 2.72. The van der Waals surface area contributed by atoms with Crippen LogP contribution in [0.5, 0.6) is 0 Å². The maximum atomic E-state index is 11.2. The second-order valence-corrected chi connectivity index (χ2v) is 6.55. The van der Waals surface area contributed by atoms with Gasteiger partial charge in [-0.3, -0.25) is 9.59 Å². The van der Waals surface area contributed by atoms with Crippen molar-refractivity contribution in [3.8, 4) is 0 Å². The van der Waals surface area contributed by atoms with Crippen molar-refractivity contribution in [2.24, 2.45) is 0 Å². The van der Waals surface area contributed by atoms with E-state index in [2.05, 4.69) is 11.0 Å². The van der Waals surface area contributed by atoms with Crippen molar-refractivity contribution in [3.63, 3.8) is 0 Å². The van der Waals surface area contributed by atoms with Gasteiger partial charge in [0, 0.05) is 25.9 Å². The van der Waals surface area contributed by atoms with Crippen LogP contribution in [0.4, 0.5) is 0 Å². The summed E-state index contributed by atoms with van der Waals surface area (Å²) < 4.78 is 0. The van der Waals surface area contributed by atoms with E-state index in [1.807, 2.05) is 0 Å². The molecule has 0 unspecified atom stereocenters. The number of carbonyl (C=O) groups excluding carboxylic acids is 2. The summed E-state index contributed by atoms with van der Waals surface area (Å²) in [4.78, 5) is 53.0. The third-order valence-corrected chi connectivity index (χ3v) is 4.05. The van der Waals surface area contributed by atoms with E-state index in [-0.39, 0.29) is 23.1 Å². The predicted molar refractivity (Wildman–Crippen MR) is 105 cm³/mol. The molecule has 10 heteroatoms. The third-order valence-electron chi connectivity index (χ3n) is 4.05. The highest BCUT2D eigenvalue weighted by atomic mass is 16.7. The van der Waals surface area contributed by atoms with Gasteiger partial charge in [-0.2, -0.15) is 11.0 Å². The lowest BCUT2D eigenvalue weighted by Crippen LogP contribution is -2.22. The molecule has 0 aliphatic carbocycles. The molecule has 4 N–H and O–H groups in total. The summed E-state index contributed by atoms with van der Waals surface area (Å²) in [7, 11) is 0. The number of aromatic carboxylic acids is 2. The van der Waals surface area contributed by atoms with E-state index in [1.54, 1.807) is 0 Å². The summed E-state index contributed by atoms with van der Waals surface area (Å²) in [5.41, 5.74) is 5.30. The van der Waals surface area contributed by atoms with E-state index in [1.165, 1.54) is 18.2 Å². The molecular formula is C20H28N2O8. The van der Waals surface area contributed by atoms with Crippen molar-refractivity contribution >= 4 is 23.9 Å². The van der Waals surface area contributed by atoms with Gasteiger partial charge in [-0.05, 0) is 43.9 Å². The number of hydrogen-bond donors (Lipinski definition) is 4. The molecule has 1 aromatic carbocycles. The van der Waals surface area contributed by atoms with Crippen LogP contribution in [0.25, 0.3) is 0 Å². The first-order chi connectivity index (χ1) is 14.4. The molecule has 0 radical (unpaired) electrons. The summed E-state index contributed by atoms with van der Waals surface area (Å²) >= 11 is 0. The maximum Gasteiger partial charge on any atom is 0.335 e. The fourth-order valence-electron chi connectivity index (χ4n) is 2.44. The van der Waals surface area contributed by atoms with Crippen molar-refractivity contribution in [3.05, 3.63) is 35.4 Å². The molecular weight excluding hydrogens is 396 g/mol. The van der Waals surface area contributed by atoms with E-state index < -0.39 is 11.9 Å². The molecule has 166 valence electrons. The summed E-state index contributed by atoms with van der Waals surface area (Å²) in [5, 5.41) is 17.0. The second-order valence-electron chi connectivity index (χ2n) is 6.55. The van der Waals surface area contributed by atoms with Gasteiger partial charge in [0.05, 0.1) is 11.1 Å². The van der Waals surface area contributed by atoms with E-state index in [0.717, 1.165) is 31.7 Å². The first kappa shape index (κ1) is 25.1. The van der Waals surface area contributed by atoms with Crippen LogP contribution in [0, 0.1) is 0 Å². The van der Waals surface area contributed by atoms with E-state index in [0.29, 0.717) is 38.8 Å².